The number of halogens is 1. The quantitative estimate of drug-likeness (QED) is 0.0325. The molecule has 0 amide bonds. The van der Waals surface area contributed by atoms with Gasteiger partial charge in [-0.1, -0.05) is 171 Å². The van der Waals surface area contributed by atoms with Gasteiger partial charge in [-0.25, -0.2) is 0 Å². The van der Waals surface area contributed by atoms with Crippen LogP contribution in [0.5, 0.6) is 0 Å². The molecule has 0 saturated carbocycles. The minimum absolute atomic E-state index is 0.0488. The highest BCUT2D eigenvalue weighted by atomic mass is 35.5. The average Bonchev–Trinajstić information content (AvgIpc) is 1.69. The molecule has 600 valence electrons. The number of unbranched alkanes of at least 4 members (excludes halogenated alkanes) is 1. The standard InChI is InChI=1S/C18H18N2O2S.C16H13ClN2O2S.C14H18N2O2S.C13H14N2O2S.C12H14N2O2S.C11H12N2O2S/c1-14-13-23-18(19-12-16(21)17-8-5-11-22-17)20(14)10-9-15-6-3-2-4-7-15;1-11-10-22-16(18-9-14(20)15-3-2-8-21-15)19(11)13-6-4-12(17)5-7-13;1-3-4-7-16-11(2)10-19-14(16)15-9-12(17)13-6-5-8-18-13;1-3-6-15-10(2)9-18-13(15)14-8-11(16)12-5-4-7-17-12;1-3-14-9(2)8-17-12(14)13-7-10(15)11-5-4-6-16-11;1-8-7-16-11(13(8)2)12-6-9(14)10-4-3-5-15-10/h2-8,11H,1,9-10,12-13H2;2-8H,1,9-10H2;5-6,8H,2-4,7,9-10H2,1H3;3-5,7H,1-2,6,8-9H2;4-6H,2-3,7-8H2,1H3;3-5H,1,6-7H2,2H3. The molecule has 24 nitrogen and oxygen atoms in total. The van der Waals surface area contributed by atoms with E-state index >= 15 is 0 Å². The van der Waals surface area contributed by atoms with E-state index in [0.29, 0.717) is 46.1 Å². The van der Waals surface area contributed by atoms with E-state index in [4.69, 9.17) is 38.1 Å². The third-order valence-electron chi connectivity index (χ3n) is 16.8. The topological polar surface area (TPSA) is 275 Å². The largest absolute Gasteiger partial charge is 0.461 e. The lowest BCUT2D eigenvalue weighted by Crippen LogP contribution is -2.25. The Labute approximate surface area is 699 Å². The zero-order valence-electron chi connectivity index (χ0n) is 64.1. The Balaban J connectivity index is 0.000000159. The molecule has 0 atom stereocenters. The number of furan rings is 6. The highest BCUT2D eigenvalue weighted by Crippen LogP contribution is 2.34. The van der Waals surface area contributed by atoms with E-state index in [0.717, 1.165) is 144 Å². The summed E-state index contributed by atoms with van der Waals surface area (Å²) >= 11 is 15.5. The Morgan fingerprint density at radius 3 is 1.07 bits per heavy atom. The van der Waals surface area contributed by atoms with E-state index in [1.165, 1.54) is 43.1 Å². The van der Waals surface area contributed by atoms with Crippen LogP contribution in [0.3, 0.4) is 0 Å². The fourth-order valence-electron chi connectivity index (χ4n) is 10.7. The summed E-state index contributed by atoms with van der Waals surface area (Å²) in [5.41, 5.74) is 8.29. The molecule has 0 aliphatic carbocycles. The highest BCUT2D eigenvalue weighted by molar-refractivity contribution is 8.15. The smallest absolute Gasteiger partial charge is 0.219 e. The van der Waals surface area contributed by atoms with E-state index in [1.54, 1.807) is 149 Å². The predicted molar refractivity (Wildman–Crippen MR) is 471 cm³/mol. The zero-order valence-corrected chi connectivity index (χ0v) is 69.8. The summed E-state index contributed by atoms with van der Waals surface area (Å²) in [5.74, 6) is 6.35. The number of anilines is 1. The first kappa shape index (κ1) is 88.5. The third kappa shape index (κ3) is 26.8. The van der Waals surface area contributed by atoms with Crippen LogP contribution in [0, 0.1) is 0 Å². The molecule has 6 saturated heterocycles. The molecular weight excluding hydrogens is 1600 g/mol. The SMILES string of the molecule is C=C1CSC(=NCC(=O)c2ccco2)N1C.C=C1CSC(=NCC(=O)c2ccco2)N1CC.C=C1CSC(=NCC(=O)c2ccco2)N1CCCC.C=C1CSC(=NCC(=O)c2ccco2)N1CCc1ccccc1.C=C1CSC(=NCC(=O)c2ccco2)N1c1ccc(Cl)cc1.C=CCN1C(=C)CSC1=NCC(=O)c1ccco1. The summed E-state index contributed by atoms with van der Waals surface area (Å²) in [6.45, 7) is 35.7. The van der Waals surface area contributed by atoms with Crippen molar-refractivity contribution >= 4 is 154 Å². The lowest BCUT2D eigenvalue weighted by atomic mass is 10.1. The number of benzene rings is 2. The number of ketones is 6. The molecule has 115 heavy (non-hydrogen) atoms. The maximum atomic E-state index is 12.0. The van der Waals surface area contributed by atoms with Crippen molar-refractivity contribution in [2.24, 2.45) is 30.0 Å². The number of nitrogens with zero attached hydrogens (tertiary/aromatic N) is 12. The molecule has 0 radical (unpaired) electrons. The lowest BCUT2D eigenvalue weighted by molar-refractivity contribution is 0.0968. The molecule has 12 heterocycles. The maximum Gasteiger partial charge on any atom is 0.219 e. The first-order valence-corrected chi connectivity index (χ1v) is 42.6. The second-order valence-corrected chi connectivity index (χ2v) is 31.1. The Kier molecular flexibility index (Phi) is 35.5. The first-order chi connectivity index (χ1) is 55.7. The van der Waals surface area contributed by atoms with E-state index in [9.17, 15) is 28.8 Å². The van der Waals surface area contributed by atoms with Crippen LogP contribution in [0.1, 0.15) is 95.6 Å². The Hall–Kier alpha value is -10.5. The molecule has 6 fully saturated rings. The maximum absolute atomic E-state index is 12.0. The minimum atomic E-state index is -0.147. The molecule has 6 aliphatic heterocycles. The van der Waals surface area contributed by atoms with Crippen molar-refractivity contribution in [3.05, 3.63) is 296 Å². The van der Waals surface area contributed by atoms with Crippen LogP contribution in [-0.2, 0) is 6.42 Å². The number of Topliss-reactive ketones (excluding diaryl/α,β-unsaturated/α-hetero) is 6. The molecule has 0 unspecified atom stereocenters. The molecule has 31 heteroatoms. The molecule has 2 aromatic carbocycles. The van der Waals surface area contributed by atoms with Crippen LogP contribution in [0.2, 0.25) is 5.02 Å². The van der Waals surface area contributed by atoms with Crippen molar-refractivity contribution in [2.75, 3.05) is 112 Å². The van der Waals surface area contributed by atoms with Crippen molar-refractivity contribution < 1.29 is 55.3 Å². The monoisotopic (exact) mass is 1680 g/mol. The first-order valence-electron chi connectivity index (χ1n) is 36.3. The van der Waals surface area contributed by atoms with E-state index < -0.39 is 0 Å². The number of rotatable bonds is 28. The number of carbonyl (C=O) groups excluding carboxylic acids is 6. The highest BCUT2D eigenvalue weighted by Gasteiger charge is 2.29. The Morgan fingerprint density at radius 2 is 0.713 bits per heavy atom. The van der Waals surface area contributed by atoms with Gasteiger partial charge in [0, 0.05) is 113 Å². The van der Waals surface area contributed by atoms with Gasteiger partial charge >= 0.3 is 0 Å². The molecular formula is C84H89ClN12O12S6. The van der Waals surface area contributed by atoms with Gasteiger partial charge in [-0.15, -0.1) is 6.58 Å². The summed E-state index contributed by atoms with van der Waals surface area (Å²) in [6.07, 6.45) is 13.9. The summed E-state index contributed by atoms with van der Waals surface area (Å²) in [6, 6.07) is 37.9. The minimum Gasteiger partial charge on any atom is -0.461 e. The van der Waals surface area contributed by atoms with Crippen molar-refractivity contribution in [2.45, 2.75) is 33.1 Å². The van der Waals surface area contributed by atoms with Crippen molar-refractivity contribution in [1.29, 1.82) is 0 Å². The van der Waals surface area contributed by atoms with Gasteiger partial charge in [0.1, 0.15) is 39.3 Å². The summed E-state index contributed by atoms with van der Waals surface area (Å²) in [4.78, 5) is 109. The second-order valence-electron chi connectivity index (χ2n) is 25.0. The summed E-state index contributed by atoms with van der Waals surface area (Å²) in [7, 11) is 1.90. The zero-order chi connectivity index (χ0) is 82.0. The van der Waals surface area contributed by atoms with Crippen LogP contribution in [0.4, 0.5) is 5.69 Å². The van der Waals surface area contributed by atoms with Gasteiger partial charge in [0.05, 0.1) is 37.6 Å². The molecule has 0 N–H and O–H groups in total. The molecule has 6 aromatic heterocycles. The van der Waals surface area contributed by atoms with Gasteiger partial charge in [-0.05, 0) is 122 Å². The van der Waals surface area contributed by atoms with Crippen molar-refractivity contribution in [1.82, 2.24) is 24.5 Å². The van der Waals surface area contributed by atoms with Crippen LogP contribution < -0.4 is 4.90 Å². The molecule has 0 bridgehead atoms. The normalized spacial score (nSPS) is 17.3. The second kappa shape index (κ2) is 46.2. The van der Waals surface area contributed by atoms with Gasteiger partial charge in [0.25, 0.3) is 0 Å². The third-order valence-corrected chi connectivity index (χ3v) is 23.5. The number of hydrogen-bond donors (Lipinski definition) is 0. The number of amidine groups is 6. The van der Waals surface area contributed by atoms with E-state index in [1.807, 2.05) is 76.0 Å². The summed E-state index contributed by atoms with van der Waals surface area (Å²) in [5, 5.41) is 5.73. The molecule has 0 spiro atoms. The van der Waals surface area contributed by atoms with Crippen molar-refractivity contribution in [3.8, 4) is 0 Å². The number of carbonyl (C=O) groups is 6. The van der Waals surface area contributed by atoms with Gasteiger partial charge in [0.15, 0.2) is 65.6 Å². The van der Waals surface area contributed by atoms with Crippen LogP contribution >= 0.6 is 82.2 Å². The molecule has 14 rings (SSSR count). The van der Waals surface area contributed by atoms with Crippen LogP contribution in [0.15, 0.2) is 308 Å². The fourth-order valence-corrected chi connectivity index (χ4v) is 16.6. The predicted octanol–water partition coefficient (Wildman–Crippen LogP) is 18.0. The van der Waals surface area contributed by atoms with Gasteiger partial charge in [-0.2, -0.15) is 0 Å². The van der Waals surface area contributed by atoms with Crippen molar-refractivity contribution in [3.63, 3.8) is 0 Å². The van der Waals surface area contributed by atoms with Crippen LogP contribution in [0.25, 0.3) is 0 Å². The van der Waals surface area contributed by atoms with E-state index in [2.05, 4.69) is 105 Å². The van der Waals surface area contributed by atoms with Gasteiger partial charge in [-0.3, -0.25) is 63.6 Å². The van der Waals surface area contributed by atoms with Gasteiger partial charge in [0.2, 0.25) is 34.7 Å². The number of hydrogen-bond acceptors (Lipinski definition) is 24. The lowest BCUT2D eigenvalue weighted by Gasteiger charge is -2.19. The Morgan fingerprint density at radius 1 is 0.391 bits per heavy atom. The summed E-state index contributed by atoms with van der Waals surface area (Å²) < 4.78 is 30.3. The Bertz CT molecular complexity index is 4850. The van der Waals surface area contributed by atoms with Gasteiger partial charge < -0.3 is 51.0 Å². The number of aliphatic imine (C=N–C) groups is 6. The fraction of sp³-hybridized carbons (Fsp3) is 0.262. The average molecular weight is 1690 g/mol. The number of thioether (sulfide) groups is 6. The van der Waals surface area contributed by atoms with Crippen LogP contribution in [-0.4, -0.2) is 197 Å². The molecule has 8 aromatic rings. The van der Waals surface area contributed by atoms with E-state index in [-0.39, 0.29) is 74.0 Å². The molecule has 6 aliphatic rings.